The molecule has 0 saturated carbocycles. The standard InChI is InChI=1S/C13H17Cl2N3/c1-2-3-4-13-17-11-7-9(14)10(15)8-12(11)18(13)6-5-16/h7-8H,2-6,16H2,1H3. The fourth-order valence-corrected chi connectivity index (χ4v) is 2.39. The second-order valence-corrected chi connectivity index (χ2v) is 5.14. The van der Waals surface area contributed by atoms with Crippen molar-refractivity contribution in [1.82, 2.24) is 9.55 Å². The SMILES string of the molecule is CCCCc1nc2cc(Cl)c(Cl)cc2n1CCN. The van der Waals surface area contributed by atoms with Crippen LogP contribution in [0.4, 0.5) is 0 Å². The minimum atomic E-state index is 0.545. The summed E-state index contributed by atoms with van der Waals surface area (Å²) in [6.45, 7) is 3.52. The molecule has 0 atom stereocenters. The first-order chi connectivity index (χ1) is 8.67. The molecule has 0 aliphatic rings. The maximum atomic E-state index is 6.07. The van der Waals surface area contributed by atoms with E-state index >= 15 is 0 Å². The lowest BCUT2D eigenvalue weighted by molar-refractivity contribution is 0.651. The number of nitrogens with zero attached hydrogens (tertiary/aromatic N) is 2. The molecule has 0 spiro atoms. The van der Waals surface area contributed by atoms with Crippen LogP contribution < -0.4 is 5.73 Å². The number of aromatic nitrogens is 2. The van der Waals surface area contributed by atoms with E-state index in [0.29, 0.717) is 16.6 Å². The van der Waals surface area contributed by atoms with Gasteiger partial charge in [0, 0.05) is 19.5 Å². The molecule has 98 valence electrons. The molecule has 5 heteroatoms. The Kier molecular flexibility index (Phi) is 4.49. The molecule has 0 bridgehead atoms. The molecule has 0 saturated heterocycles. The number of benzene rings is 1. The molecule has 1 aromatic heterocycles. The van der Waals surface area contributed by atoms with Crippen LogP contribution in [0.1, 0.15) is 25.6 Å². The summed E-state index contributed by atoms with van der Waals surface area (Å²) < 4.78 is 2.15. The summed E-state index contributed by atoms with van der Waals surface area (Å²) in [6, 6.07) is 3.69. The zero-order valence-corrected chi connectivity index (χ0v) is 11.9. The Labute approximate surface area is 117 Å². The molecule has 0 amide bonds. The molecular weight excluding hydrogens is 269 g/mol. The summed E-state index contributed by atoms with van der Waals surface area (Å²) in [5, 5.41) is 1.10. The van der Waals surface area contributed by atoms with Gasteiger partial charge < -0.3 is 10.3 Å². The van der Waals surface area contributed by atoms with Gasteiger partial charge in [0.15, 0.2) is 0 Å². The smallest absolute Gasteiger partial charge is 0.109 e. The van der Waals surface area contributed by atoms with Crippen LogP contribution in [0.3, 0.4) is 0 Å². The predicted octanol–water partition coefficient (Wildman–Crippen LogP) is 3.64. The lowest BCUT2D eigenvalue weighted by atomic mass is 10.2. The molecule has 2 rings (SSSR count). The summed E-state index contributed by atoms with van der Waals surface area (Å²) in [5.74, 6) is 1.07. The number of halogens is 2. The zero-order chi connectivity index (χ0) is 13.1. The lowest BCUT2D eigenvalue weighted by Crippen LogP contribution is -2.12. The van der Waals surface area contributed by atoms with Crippen molar-refractivity contribution in [3.05, 3.63) is 28.0 Å². The van der Waals surface area contributed by atoms with Crippen LogP contribution in [0.15, 0.2) is 12.1 Å². The normalized spacial score (nSPS) is 11.3. The van der Waals surface area contributed by atoms with Gasteiger partial charge in [-0.3, -0.25) is 0 Å². The molecule has 2 N–H and O–H groups in total. The van der Waals surface area contributed by atoms with Gasteiger partial charge in [0.1, 0.15) is 5.82 Å². The van der Waals surface area contributed by atoms with Crippen molar-refractivity contribution in [2.24, 2.45) is 5.73 Å². The average Bonchev–Trinajstić information content (AvgIpc) is 2.66. The minimum absolute atomic E-state index is 0.545. The van der Waals surface area contributed by atoms with Crippen molar-refractivity contribution in [3.63, 3.8) is 0 Å². The first-order valence-electron chi connectivity index (χ1n) is 6.21. The van der Waals surface area contributed by atoms with Crippen LogP contribution >= 0.6 is 23.2 Å². The van der Waals surface area contributed by atoms with Crippen LogP contribution in [0.5, 0.6) is 0 Å². The number of unbranched alkanes of at least 4 members (excludes halogenated alkanes) is 1. The third kappa shape index (κ3) is 2.63. The summed E-state index contributed by atoms with van der Waals surface area (Å²) in [6.07, 6.45) is 3.23. The fourth-order valence-electron chi connectivity index (χ4n) is 2.07. The molecule has 0 aliphatic carbocycles. The van der Waals surface area contributed by atoms with E-state index in [9.17, 15) is 0 Å². The quantitative estimate of drug-likeness (QED) is 0.911. The maximum absolute atomic E-state index is 6.07. The zero-order valence-electron chi connectivity index (χ0n) is 10.4. The van der Waals surface area contributed by atoms with Crippen molar-refractivity contribution in [3.8, 4) is 0 Å². The number of nitrogens with two attached hydrogens (primary N) is 1. The van der Waals surface area contributed by atoms with E-state index < -0.39 is 0 Å². The van der Waals surface area contributed by atoms with Crippen LogP contribution in [-0.2, 0) is 13.0 Å². The number of imidazole rings is 1. The van der Waals surface area contributed by atoms with Gasteiger partial charge in [-0.2, -0.15) is 0 Å². The van der Waals surface area contributed by atoms with Gasteiger partial charge in [0.2, 0.25) is 0 Å². The lowest BCUT2D eigenvalue weighted by Gasteiger charge is -2.07. The van der Waals surface area contributed by atoms with E-state index in [0.717, 1.165) is 42.7 Å². The van der Waals surface area contributed by atoms with E-state index in [2.05, 4.69) is 16.5 Å². The van der Waals surface area contributed by atoms with Crippen LogP contribution in [0.2, 0.25) is 10.0 Å². The molecule has 2 aromatic rings. The van der Waals surface area contributed by atoms with Gasteiger partial charge >= 0.3 is 0 Å². The first-order valence-corrected chi connectivity index (χ1v) is 6.97. The number of hydrogen-bond acceptors (Lipinski definition) is 2. The Morgan fingerprint density at radius 1 is 1.28 bits per heavy atom. The molecule has 0 aliphatic heterocycles. The minimum Gasteiger partial charge on any atom is -0.329 e. The summed E-state index contributed by atoms with van der Waals surface area (Å²) in [4.78, 5) is 4.64. The highest BCUT2D eigenvalue weighted by Gasteiger charge is 2.12. The average molecular weight is 286 g/mol. The molecule has 18 heavy (non-hydrogen) atoms. The van der Waals surface area contributed by atoms with Crippen molar-refractivity contribution in [1.29, 1.82) is 0 Å². The van der Waals surface area contributed by atoms with E-state index in [1.807, 2.05) is 12.1 Å². The molecule has 0 radical (unpaired) electrons. The van der Waals surface area contributed by atoms with E-state index in [-0.39, 0.29) is 0 Å². The third-order valence-electron chi connectivity index (χ3n) is 2.98. The molecular formula is C13H17Cl2N3. The number of aryl methyl sites for hydroxylation is 1. The maximum Gasteiger partial charge on any atom is 0.109 e. The molecule has 0 fully saturated rings. The molecule has 0 unspecified atom stereocenters. The second-order valence-electron chi connectivity index (χ2n) is 4.33. The van der Waals surface area contributed by atoms with Crippen molar-refractivity contribution >= 4 is 34.2 Å². The second kappa shape index (κ2) is 5.91. The summed E-state index contributed by atoms with van der Waals surface area (Å²) in [7, 11) is 0. The van der Waals surface area contributed by atoms with Gasteiger partial charge in [-0.05, 0) is 18.6 Å². The number of rotatable bonds is 5. The van der Waals surface area contributed by atoms with Crippen molar-refractivity contribution < 1.29 is 0 Å². The largest absolute Gasteiger partial charge is 0.329 e. The Morgan fingerprint density at radius 3 is 2.67 bits per heavy atom. The summed E-state index contributed by atoms with van der Waals surface area (Å²) >= 11 is 12.1. The fraction of sp³-hybridized carbons (Fsp3) is 0.462. The van der Waals surface area contributed by atoms with Gasteiger partial charge in [-0.15, -0.1) is 0 Å². The topological polar surface area (TPSA) is 43.8 Å². The molecule has 3 nitrogen and oxygen atoms in total. The van der Waals surface area contributed by atoms with Crippen molar-refractivity contribution in [2.75, 3.05) is 6.54 Å². The van der Waals surface area contributed by atoms with E-state index in [4.69, 9.17) is 28.9 Å². The third-order valence-corrected chi connectivity index (χ3v) is 3.70. The van der Waals surface area contributed by atoms with Gasteiger partial charge in [0.05, 0.1) is 21.1 Å². The number of hydrogen-bond donors (Lipinski definition) is 1. The Balaban J connectivity index is 2.52. The Hall–Kier alpha value is -0.770. The first kappa shape index (κ1) is 13.7. The van der Waals surface area contributed by atoms with Gasteiger partial charge in [-0.25, -0.2) is 4.98 Å². The number of fused-ring (bicyclic) bond motifs is 1. The van der Waals surface area contributed by atoms with Crippen LogP contribution in [0.25, 0.3) is 11.0 Å². The summed E-state index contributed by atoms with van der Waals surface area (Å²) in [5.41, 5.74) is 7.58. The van der Waals surface area contributed by atoms with Crippen LogP contribution in [0, 0.1) is 0 Å². The highest BCUT2D eigenvalue weighted by atomic mass is 35.5. The van der Waals surface area contributed by atoms with E-state index in [1.54, 1.807) is 0 Å². The predicted molar refractivity (Wildman–Crippen MR) is 77.4 cm³/mol. The Bertz CT molecular complexity index is 549. The van der Waals surface area contributed by atoms with Gasteiger partial charge in [-0.1, -0.05) is 36.5 Å². The van der Waals surface area contributed by atoms with E-state index in [1.165, 1.54) is 0 Å². The highest BCUT2D eigenvalue weighted by molar-refractivity contribution is 6.42. The molecule has 1 aromatic carbocycles. The Morgan fingerprint density at radius 2 is 2.00 bits per heavy atom. The van der Waals surface area contributed by atoms with Crippen molar-refractivity contribution in [2.45, 2.75) is 32.7 Å². The monoisotopic (exact) mass is 285 g/mol. The van der Waals surface area contributed by atoms with Crippen LogP contribution in [-0.4, -0.2) is 16.1 Å². The molecule has 1 heterocycles. The highest BCUT2D eigenvalue weighted by Crippen LogP contribution is 2.28. The van der Waals surface area contributed by atoms with Gasteiger partial charge in [0.25, 0.3) is 0 Å².